The van der Waals surface area contributed by atoms with E-state index in [1.165, 1.54) is 0 Å². The Balaban J connectivity index is 1.44. The molecule has 1 aromatic heterocycles. The van der Waals surface area contributed by atoms with E-state index < -0.39 is 0 Å². The van der Waals surface area contributed by atoms with Gasteiger partial charge >= 0.3 is 0 Å². The van der Waals surface area contributed by atoms with Gasteiger partial charge in [0.15, 0.2) is 0 Å². The number of anilines is 1. The van der Waals surface area contributed by atoms with Crippen LogP contribution in [-0.4, -0.2) is 17.5 Å². The van der Waals surface area contributed by atoms with Crippen LogP contribution in [0.5, 0.6) is 5.75 Å². The van der Waals surface area contributed by atoms with Crippen LogP contribution in [0, 0.1) is 17.8 Å². The van der Waals surface area contributed by atoms with E-state index in [1.807, 2.05) is 66.7 Å². The van der Waals surface area contributed by atoms with Crippen molar-refractivity contribution in [3.05, 3.63) is 89.7 Å². The van der Waals surface area contributed by atoms with Gasteiger partial charge in [0.25, 0.3) is 0 Å². The fraction of sp³-hybridized carbons (Fsp3) is 0.130. The maximum atomic E-state index is 12.6. The minimum Gasteiger partial charge on any atom is -0.492 e. The lowest BCUT2D eigenvalue weighted by molar-refractivity contribution is -0.121. The van der Waals surface area contributed by atoms with Gasteiger partial charge in [-0.05, 0) is 54.3 Å². The summed E-state index contributed by atoms with van der Waals surface area (Å²) in [5.41, 5.74) is 3.33. The first-order valence-corrected chi connectivity index (χ1v) is 8.82. The fourth-order valence-corrected chi connectivity index (χ4v) is 2.99. The monoisotopic (exact) mass is 354 g/mol. The Bertz CT molecular complexity index is 1020. The highest BCUT2D eigenvalue weighted by Crippen LogP contribution is 2.27. The van der Waals surface area contributed by atoms with Crippen molar-refractivity contribution in [1.29, 1.82) is 0 Å². The lowest BCUT2D eigenvalue weighted by Gasteiger charge is -2.24. The average Bonchev–Trinajstić information content (AvgIpc) is 2.73. The summed E-state index contributed by atoms with van der Waals surface area (Å²) in [6.07, 6.45) is 2.40. The molecule has 1 aliphatic rings. The number of nitrogens with one attached hydrogen (secondary N) is 1. The normalized spacial score (nSPS) is 14.9. The van der Waals surface area contributed by atoms with E-state index in [0.29, 0.717) is 18.7 Å². The third kappa shape index (κ3) is 4.16. The summed E-state index contributed by atoms with van der Waals surface area (Å²) in [5.74, 6) is 6.72. The zero-order chi connectivity index (χ0) is 18.5. The van der Waals surface area contributed by atoms with E-state index in [-0.39, 0.29) is 11.8 Å². The number of aromatic nitrogens is 1. The molecule has 1 amide bonds. The highest BCUT2D eigenvalue weighted by atomic mass is 16.5. The van der Waals surface area contributed by atoms with E-state index in [0.717, 1.165) is 22.6 Å². The molecule has 0 radical (unpaired) electrons. The predicted molar refractivity (Wildman–Crippen MR) is 104 cm³/mol. The molecule has 4 heteroatoms. The van der Waals surface area contributed by atoms with Crippen LogP contribution in [0.3, 0.4) is 0 Å². The molecule has 27 heavy (non-hydrogen) atoms. The minimum atomic E-state index is -0.205. The highest BCUT2D eigenvalue weighted by molar-refractivity contribution is 5.93. The third-order valence-electron chi connectivity index (χ3n) is 4.38. The molecule has 4 nitrogen and oxygen atoms in total. The number of rotatable bonds is 2. The van der Waals surface area contributed by atoms with Crippen molar-refractivity contribution in [2.45, 2.75) is 6.42 Å². The van der Waals surface area contributed by atoms with Crippen molar-refractivity contribution in [3.8, 4) is 17.6 Å². The Kier molecular flexibility index (Phi) is 4.84. The lowest BCUT2D eigenvalue weighted by atomic mass is 9.96. The van der Waals surface area contributed by atoms with Crippen LogP contribution in [0.2, 0.25) is 0 Å². The number of para-hydroxylation sites is 1. The van der Waals surface area contributed by atoms with Gasteiger partial charge < -0.3 is 10.1 Å². The van der Waals surface area contributed by atoms with Gasteiger partial charge in [0, 0.05) is 17.4 Å². The van der Waals surface area contributed by atoms with Crippen LogP contribution in [0.4, 0.5) is 5.69 Å². The molecule has 0 fully saturated rings. The molecule has 3 aromatic rings. The van der Waals surface area contributed by atoms with Crippen LogP contribution in [0.15, 0.2) is 72.9 Å². The molecule has 1 atom stereocenters. The second-order valence-corrected chi connectivity index (χ2v) is 6.35. The van der Waals surface area contributed by atoms with Crippen LogP contribution in [0.1, 0.15) is 16.8 Å². The molecule has 0 saturated heterocycles. The Morgan fingerprint density at radius 1 is 1.04 bits per heavy atom. The molecular weight excluding hydrogens is 336 g/mol. The molecule has 0 spiro atoms. The number of fused-ring (bicyclic) bond motifs is 1. The van der Waals surface area contributed by atoms with Crippen LogP contribution < -0.4 is 10.1 Å². The third-order valence-corrected chi connectivity index (χ3v) is 4.38. The first-order chi connectivity index (χ1) is 13.3. The van der Waals surface area contributed by atoms with Crippen molar-refractivity contribution >= 4 is 11.6 Å². The molecule has 132 valence electrons. The lowest BCUT2D eigenvalue weighted by Crippen LogP contribution is -2.32. The van der Waals surface area contributed by atoms with Gasteiger partial charge in [-0.25, -0.2) is 4.98 Å². The van der Waals surface area contributed by atoms with Gasteiger partial charge in [-0.15, -0.1) is 0 Å². The van der Waals surface area contributed by atoms with E-state index in [9.17, 15) is 4.79 Å². The molecule has 0 bridgehead atoms. The zero-order valence-corrected chi connectivity index (χ0v) is 14.7. The van der Waals surface area contributed by atoms with Gasteiger partial charge in [-0.3, -0.25) is 4.79 Å². The van der Waals surface area contributed by atoms with E-state index in [1.54, 1.807) is 6.20 Å². The zero-order valence-electron chi connectivity index (χ0n) is 14.7. The Hall–Kier alpha value is -3.58. The number of ether oxygens (including phenoxy) is 1. The molecule has 2 aromatic carbocycles. The summed E-state index contributed by atoms with van der Waals surface area (Å²) in [5, 5.41) is 2.98. The summed E-state index contributed by atoms with van der Waals surface area (Å²) in [4.78, 5) is 16.8. The summed E-state index contributed by atoms with van der Waals surface area (Å²) < 4.78 is 5.72. The molecule has 1 unspecified atom stereocenters. The molecule has 1 N–H and O–H groups in total. The number of amides is 1. The van der Waals surface area contributed by atoms with Gasteiger partial charge in [0.05, 0.1) is 5.92 Å². The number of pyridine rings is 1. The van der Waals surface area contributed by atoms with Crippen LogP contribution in [0.25, 0.3) is 0 Å². The number of hydrogen-bond acceptors (Lipinski definition) is 3. The van der Waals surface area contributed by atoms with Crippen molar-refractivity contribution < 1.29 is 9.53 Å². The number of carbonyl (C=O) groups is 1. The maximum absolute atomic E-state index is 12.6. The summed E-state index contributed by atoms with van der Waals surface area (Å²) >= 11 is 0. The first-order valence-electron chi connectivity index (χ1n) is 8.82. The molecule has 0 saturated carbocycles. The second kappa shape index (κ2) is 7.76. The summed E-state index contributed by atoms with van der Waals surface area (Å²) in [6.45, 7) is 0.391. The van der Waals surface area contributed by atoms with Gasteiger partial charge in [-0.1, -0.05) is 36.3 Å². The molecule has 1 aliphatic heterocycles. The molecule has 0 aliphatic carbocycles. The SMILES string of the molecule is O=C(Nc1cccc(C#Cc2ccccn2)c1)C1COc2ccccc2C1. The van der Waals surface area contributed by atoms with Crippen molar-refractivity contribution in [2.24, 2.45) is 5.92 Å². The highest BCUT2D eigenvalue weighted by Gasteiger charge is 2.25. The summed E-state index contributed by atoms with van der Waals surface area (Å²) in [7, 11) is 0. The Morgan fingerprint density at radius 2 is 1.93 bits per heavy atom. The Morgan fingerprint density at radius 3 is 2.81 bits per heavy atom. The molecular formula is C23H18N2O2. The fourth-order valence-electron chi connectivity index (χ4n) is 2.99. The van der Waals surface area contributed by atoms with E-state index in [4.69, 9.17) is 4.74 Å². The number of hydrogen-bond donors (Lipinski definition) is 1. The molecule has 4 rings (SSSR count). The smallest absolute Gasteiger partial charge is 0.231 e. The minimum absolute atomic E-state index is 0.0423. The van der Waals surface area contributed by atoms with Crippen LogP contribution >= 0.6 is 0 Å². The summed E-state index contributed by atoms with van der Waals surface area (Å²) in [6, 6.07) is 21.0. The van der Waals surface area contributed by atoms with Gasteiger partial charge in [0.2, 0.25) is 5.91 Å². The maximum Gasteiger partial charge on any atom is 0.231 e. The van der Waals surface area contributed by atoms with E-state index >= 15 is 0 Å². The number of carbonyl (C=O) groups excluding carboxylic acids is 1. The van der Waals surface area contributed by atoms with Gasteiger partial charge in [-0.2, -0.15) is 0 Å². The molecule has 2 heterocycles. The standard InChI is InChI=1S/C23H18N2O2/c26-23(19-15-18-7-1-2-10-22(18)27-16-19)25-21-9-5-6-17(14-21)11-12-20-8-3-4-13-24-20/h1-10,13-14,19H,15-16H2,(H,25,26). The van der Waals surface area contributed by atoms with E-state index in [2.05, 4.69) is 22.1 Å². The van der Waals surface area contributed by atoms with Crippen LogP contribution in [-0.2, 0) is 11.2 Å². The van der Waals surface area contributed by atoms with Crippen molar-refractivity contribution in [3.63, 3.8) is 0 Å². The predicted octanol–water partition coefficient (Wildman–Crippen LogP) is 3.67. The Labute approximate surface area is 158 Å². The van der Waals surface area contributed by atoms with Crippen molar-refractivity contribution in [2.75, 3.05) is 11.9 Å². The average molecular weight is 354 g/mol. The largest absolute Gasteiger partial charge is 0.492 e. The van der Waals surface area contributed by atoms with Crippen molar-refractivity contribution in [1.82, 2.24) is 4.98 Å². The van der Waals surface area contributed by atoms with Gasteiger partial charge in [0.1, 0.15) is 18.1 Å². The first kappa shape index (κ1) is 16.9. The number of benzene rings is 2. The quantitative estimate of drug-likeness (QED) is 0.715. The topological polar surface area (TPSA) is 51.2 Å². The second-order valence-electron chi connectivity index (χ2n) is 6.35. The number of nitrogens with zero attached hydrogens (tertiary/aromatic N) is 1.